The molecule has 0 amide bonds. The molecule has 124 valence electrons. The van der Waals surface area contributed by atoms with Gasteiger partial charge in [0.2, 0.25) is 0 Å². The Morgan fingerprint density at radius 3 is 2.72 bits per heavy atom. The first-order chi connectivity index (χ1) is 12.1. The van der Waals surface area contributed by atoms with Gasteiger partial charge in [-0.1, -0.05) is 36.4 Å². The molecule has 0 atom stereocenters. The highest BCUT2D eigenvalue weighted by Crippen LogP contribution is 2.19. The van der Waals surface area contributed by atoms with Crippen LogP contribution in [0.15, 0.2) is 73.2 Å². The lowest BCUT2D eigenvalue weighted by molar-refractivity contribution is -0.691. The van der Waals surface area contributed by atoms with Crippen molar-refractivity contribution >= 4 is 11.7 Å². The fourth-order valence-corrected chi connectivity index (χ4v) is 2.29. The molecule has 7 heteroatoms. The van der Waals surface area contributed by atoms with Crippen molar-refractivity contribution in [2.24, 2.45) is 0 Å². The normalized spacial score (nSPS) is 10.2. The minimum Gasteiger partial charge on any atom is -0.418 e. The van der Waals surface area contributed by atoms with Crippen molar-refractivity contribution in [3.8, 4) is 5.75 Å². The number of hydrogen-bond donors (Lipinski definition) is 0. The van der Waals surface area contributed by atoms with Crippen LogP contribution in [0.3, 0.4) is 0 Å². The van der Waals surface area contributed by atoms with Gasteiger partial charge in [0.1, 0.15) is 11.9 Å². The summed E-state index contributed by atoms with van der Waals surface area (Å²) in [6, 6.07) is 15.1. The van der Waals surface area contributed by atoms with Gasteiger partial charge in [0.05, 0.1) is 17.2 Å². The monoisotopic (exact) mass is 336 g/mol. The summed E-state index contributed by atoms with van der Waals surface area (Å²) in [6.45, 7) is 0.475. The van der Waals surface area contributed by atoms with Crippen LogP contribution in [-0.4, -0.2) is 15.9 Å². The van der Waals surface area contributed by atoms with Gasteiger partial charge in [0.15, 0.2) is 12.7 Å². The molecule has 0 saturated heterocycles. The fourth-order valence-electron chi connectivity index (χ4n) is 2.29. The standard InChI is InChI=1S/C18H14N3O4/c22-18(25-16-8-4-7-15(11-16)21(23)24)17-12-19-9-10-20(17)13-14-5-2-1-3-6-14/h1-12H,13H2/q+1. The molecule has 3 aromatic rings. The SMILES string of the molecule is O=C(Oc1cccc([N+](=O)[O-])c1)c1cncc[n+]1Cc1ccccc1. The zero-order chi connectivity index (χ0) is 17.6. The number of carbonyl (C=O) groups excluding carboxylic acids is 1. The average Bonchev–Trinajstić information content (AvgIpc) is 2.63. The maximum absolute atomic E-state index is 12.5. The molecule has 25 heavy (non-hydrogen) atoms. The van der Waals surface area contributed by atoms with Gasteiger partial charge < -0.3 is 4.74 Å². The van der Waals surface area contributed by atoms with E-state index in [-0.39, 0.29) is 17.1 Å². The molecule has 0 fully saturated rings. The third-order valence-corrected chi connectivity index (χ3v) is 3.48. The molecule has 0 unspecified atom stereocenters. The lowest BCUT2D eigenvalue weighted by Gasteiger charge is -2.05. The van der Waals surface area contributed by atoms with Crippen LogP contribution in [0.2, 0.25) is 0 Å². The Balaban J connectivity index is 1.83. The first-order valence-corrected chi connectivity index (χ1v) is 7.47. The van der Waals surface area contributed by atoms with E-state index in [1.165, 1.54) is 30.5 Å². The van der Waals surface area contributed by atoms with E-state index >= 15 is 0 Å². The molecule has 1 aromatic heterocycles. The van der Waals surface area contributed by atoms with Crippen molar-refractivity contribution in [2.75, 3.05) is 0 Å². The Morgan fingerprint density at radius 1 is 1.16 bits per heavy atom. The van der Waals surface area contributed by atoms with E-state index in [4.69, 9.17) is 4.74 Å². The van der Waals surface area contributed by atoms with Crippen LogP contribution in [0.5, 0.6) is 5.75 Å². The van der Waals surface area contributed by atoms with Gasteiger partial charge in [-0.3, -0.25) is 15.1 Å². The van der Waals surface area contributed by atoms with Gasteiger partial charge in [-0.05, 0) is 6.07 Å². The van der Waals surface area contributed by atoms with Crippen LogP contribution in [0.4, 0.5) is 5.69 Å². The lowest BCUT2D eigenvalue weighted by atomic mass is 10.2. The molecule has 0 aliphatic carbocycles. The molecule has 0 N–H and O–H groups in total. The molecule has 2 aromatic carbocycles. The second-order valence-electron chi connectivity index (χ2n) is 5.22. The number of non-ortho nitro benzene ring substituents is 1. The van der Waals surface area contributed by atoms with Gasteiger partial charge in [-0.15, -0.1) is 0 Å². The number of ether oxygens (including phenoxy) is 1. The lowest BCUT2D eigenvalue weighted by Crippen LogP contribution is -2.42. The molecule has 7 nitrogen and oxygen atoms in total. The Hall–Kier alpha value is -3.61. The number of rotatable bonds is 5. The second-order valence-corrected chi connectivity index (χ2v) is 5.22. The molecule has 0 spiro atoms. The molecular formula is C18H14N3O4+. The average molecular weight is 336 g/mol. The number of benzene rings is 2. The van der Waals surface area contributed by atoms with Gasteiger partial charge in [0.25, 0.3) is 5.69 Å². The summed E-state index contributed by atoms with van der Waals surface area (Å²) in [7, 11) is 0. The van der Waals surface area contributed by atoms with Crippen molar-refractivity contribution in [1.82, 2.24) is 4.98 Å². The molecule has 0 aliphatic rings. The number of nitro groups is 1. The van der Waals surface area contributed by atoms with Crippen LogP contribution < -0.4 is 9.30 Å². The minimum absolute atomic E-state index is 0.106. The highest BCUT2D eigenvalue weighted by molar-refractivity contribution is 5.87. The highest BCUT2D eigenvalue weighted by atomic mass is 16.6. The van der Waals surface area contributed by atoms with Crippen LogP contribution in [0.1, 0.15) is 16.1 Å². The molecule has 0 bridgehead atoms. The maximum Gasteiger partial charge on any atom is 0.410 e. The van der Waals surface area contributed by atoms with E-state index in [0.717, 1.165) is 5.56 Å². The summed E-state index contributed by atoms with van der Waals surface area (Å²) >= 11 is 0. The highest BCUT2D eigenvalue weighted by Gasteiger charge is 2.22. The summed E-state index contributed by atoms with van der Waals surface area (Å²) in [5, 5.41) is 10.8. The molecule has 0 saturated carbocycles. The zero-order valence-corrected chi connectivity index (χ0v) is 13.1. The number of carbonyl (C=O) groups is 1. The van der Waals surface area contributed by atoms with Gasteiger partial charge in [-0.25, -0.2) is 4.79 Å². The van der Waals surface area contributed by atoms with E-state index in [9.17, 15) is 14.9 Å². The molecule has 3 rings (SSSR count). The fraction of sp³-hybridized carbons (Fsp3) is 0.0556. The van der Waals surface area contributed by atoms with Gasteiger partial charge >= 0.3 is 11.7 Å². The van der Waals surface area contributed by atoms with Crippen LogP contribution in [0.25, 0.3) is 0 Å². The Labute approximate surface area is 143 Å². The van der Waals surface area contributed by atoms with Crippen molar-refractivity contribution in [1.29, 1.82) is 0 Å². The predicted octanol–water partition coefficient (Wildman–Crippen LogP) is 2.54. The largest absolute Gasteiger partial charge is 0.418 e. The Bertz CT molecular complexity index is 913. The van der Waals surface area contributed by atoms with E-state index in [0.29, 0.717) is 6.54 Å². The third-order valence-electron chi connectivity index (χ3n) is 3.48. The molecule has 0 radical (unpaired) electrons. The number of esters is 1. The first-order valence-electron chi connectivity index (χ1n) is 7.47. The molecule has 0 aliphatic heterocycles. The zero-order valence-electron chi connectivity index (χ0n) is 13.1. The van der Waals surface area contributed by atoms with E-state index < -0.39 is 10.9 Å². The Morgan fingerprint density at radius 2 is 1.96 bits per heavy atom. The third kappa shape index (κ3) is 4.03. The first kappa shape index (κ1) is 16.3. The quantitative estimate of drug-likeness (QED) is 0.235. The smallest absolute Gasteiger partial charge is 0.410 e. The Kier molecular flexibility index (Phi) is 4.75. The van der Waals surface area contributed by atoms with Crippen LogP contribution >= 0.6 is 0 Å². The number of nitrogens with zero attached hydrogens (tertiary/aromatic N) is 3. The van der Waals surface area contributed by atoms with Gasteiger partial charge in [-0.2, -0.15) is 4.57 Å². The summed E-state index contributed by atoms with van der Waals surface area (Å²) in [6.07, 6.45) is 4.66. The molecular weight excluding hydrogens is 322 g/mol. The number of hydrogen-bond acceptors (Lipinski definition) is 5. The molecule has 1 heterocycles. The van der Waals surface area contributed by atoms with E-state index in [2.05, 4.69) is 4.98 Å². The van der Waals surface area contributed by atoms with Gasteiger partial charge in [0, 0.05) is 11.6 Å². The number of nitro benzene ring substituents is 1. The summed E-state index contributed by atoms with van der Waals surface area (Å²) in [4.78, 5) is 26.7. The summed E-state index contributed by atoms with van der Waals surface area (Å²) < 4.78 is 6.98. The summed E-state index contributed by atoms with van der Waals surface area (Å²) in [5.74, 6) is -0.529. The number of aromatic nitrogens is 2. The van der Waals surface area contributed by atoms with Crippen molar-refractivity contribution in [3.63, 3.8) is 0 Å². The van der Waals surface area contributed by atoms with E-state index in [1.807, 2.05) is 30.3 Å². The van der Waals surface area contributed by atoms with Crippen molar-refractivity contribution in [2.45, 2.75) is 6.54 Å². The topological polar surface area (TPSA) is 86.2 Å². The van der Waals surface area contributed by atoms with E-state index in [1.54, 1.807) is 17.0 Å². The van der Waals surface area contributed by atoms with Crippen LogP contribution in [-0.2, 0) is 6.54 Å². The summed E-state index contributed by atoms with van der Waals surface area (Å²) in [5.41, 5.74) is 1.12. The second kappa shape index (κ2) is 7.31. The van der Waals surface area contributed by atoms with Crippen molar-refractivity contribution < 1.29 is 19.0 Å². The van der Waals surface area contributed by atoms with Crippen LogP contribution in [0, 0.1) is 10.1 Å². The predicted molar refractivity (Wildman–Crippen MR) is 88.0 cm³/mol. The maximum atomic E-state index is 12.5. The minimum atomic E-state index is -0.635. The van der Waals surface area contributed by atoms with Crippen molar-refractivity contribution in [3.05, 3.63) is 94.6 Å².